The highest BCUT2D eigenvalue weighted by Gasteiger charge is 2.18. The molecule has 106 valence electrons. The first-order chi connectivity index (χ1) is 10.9. The minimum Gasteiger partial charge on any atom is -0.346 e. The van der Waals surface area contributed by atoms with Gasteiger partial charge in [-0.1, -0.05) is 48.5 Å². The van der Waals surface area contributed by atoms with Crippen LogP contribution in [0.4, 0.5) is 5.69 Å². The maximum absolute atomic E-state index is 4.59. The van der Waals surface area contributed by atoms with Crippen molar-refractivity contribution in [3.05, 3.63) is 84.1 Å². The average molecular weight is 285 g/mol. The zero-order chi connectivity index (χ0) is 14.8. The Bertz CT molecular complexity index is 808. The van der Waals surface area contributed by atoms with E-state index in [-0.39, 0.29) is 6.04 Å². The van der Waals surface area contributed by atoms with Crippen molar-refractivity contribution < 1.29 is 0 Å². The van der Waals surface area contributed by atoms with Crippen LogP contribution in [0.15, 0.2) is 77.9 Å². The molecule has 0 bridgehead atoms. The van der Waals surface area contributed by atoms with Gasteiger partial charge in [0.2, 0.25) is 0 Å². The molecule has 0 aliphatic carbocycles. The van der Waals surface area contributed by atoms with Crippen LogP contribution in [-0.4, -0.2) is 11.3 Å². The quantitative estimate of drug-likeness (QED) is 0.762. The highest BCUT2D eigenvalue weighted by Crippen LogP contribution is 2.34. The molecule has 1 atom stereocenters. The van der Waals surface area contributed by atoms with Crippen LogP contribution in [0.25, 0.3) is 11.3 Å². The number of pyridine rings is 1. The van der Waals surface area contributed by atoms with Crippen LogP contribution < -0.4 is 5.32 Å². The zero-order valence-electron chi connectivity index (χ0n) is 12.0. The Kier molecular flexibility index (Phi) is 3.16. The lowest BCUT2D eigenvalue weighted by Crippen LogP contribution is -2.11. The number of aliphatic imine (C=N–C) groups is 1. The number of benzene rings is 2. The van der Waals surface area contributed by atoms with Crippen LogP contribution in [0.5, 0.6) is 0 Å². The van der Waals surface area contributed by atoms with Crippen LogP contribution in [0.2, 0.25) is 0 Å². The summed E-state index contributed by atoms with van der Waals surface area (Å²) in [5.74, 6) is 0. The summed E-state index contributed by atoms with van der Waals surface area (Å²) in [4.78, 5) is 8.98. The van der Waals surface area contributed by atoms with Gasteiger partial charge in [0.15, 0.2) is 0 Å². The van der Waals surface area contributed by atoms with Crippen LogP contribution >= 0.6 is 0 Å². The number of fused-ring (bicyclic) bond motifs is 1. The Morgan fingerprint density at radius 1 is 0.818 bits per heavy atom. The number of nitrogens with zero attached hydrogens (tertiary/aromatic N) is 2. The monoisotopic (exact) mass is 285 g/mol. The Morgan fingerprint density at radius 2 is 1.64 bits per heavy atom. The number of nitrogens with one attached hydrogen (secondary N) is 1. The Morgan fingerprint density at radius 3 is 2.45 bits per heavy atom. The van der Waals surface area contributed by atoms with Crippen LogP contribution in [-0.2, 0) is 0 Å². The van der Waals surface area contributed by atoms with E-state index in [0.29, 0.717) is 0 Å². The molecule has 1 aliphatic heterocycles. The molecule has 0 saturated heterocycles. The first-order valence-corrected chi connectivity index (χ1v) is 7.30. The van der Waals surface area contributed by atoms with E-state index in [1.165, 1.54) is 11.1 Å². The number of hydrogen-bond donors (Lipinski definition) is 1. The Hall–Kier alpha value is -2.94. The molecule has 0 spiro atoms. The molecule has 0 radical (unpaired) electrons. The van der Waals surface area contributed by atoms with Crippen molar-refractivity contribution in [1.29, 1.82) is 0 Å². The van der Waals surface area contributed by atoms with Gasteiger partial charge in [-0.15, -0.1) is 0 Å². The molecule has 4 rings (SSSR count). The van der Waals surface area contributed by atoms with Crippen LogP contribution in [0.3, 0.4) is 0 Å². The Labute approximate surface area is 129 Å². The Balaban J connectivity index is 1.69. The molecule has 1 aliphatic rings. The maximum Gasteiger partial charge on any atom is 0.104 e. The van der Waals surface area contributed by atoms with Gasteiger partial charge in [-0.05, 0) is 23.8 Å². The minimum atomic E-state index is 0.0511. The average Bonchev–Trinajstić information content (AvgIpc) is 2.62. The predicted molar refractivity (Wildman–Crippen MR) is 90.1 cm³/mol. The summed E-state index contributed by atoms with van der Waals surface area (Å²) in [7, 11) is 0. The summed E-state index contributed by atoms with van der Waals surface area (Å²) in [5, 5.41) is 3.20. The molecule has 3 nitrogen and oxygen atoms in total. The molecule has 0 amide bonds. The summed E-state index contributed by atoms with van der Waals surface area (Å²) in [6.45, 7) is 0. The van der Waals surface area contributed by atoms with Gasteiger partial charge in [-0.2, -0.15) is 0 Å². The largest absolute Gasteiger partial charge is 0.346 e. The van der Waals surface area contributed by atoms with Crippen LogP contribution in [0, 0.1) is 0 Å². The fourth-order valence-corrected chi connectivity index (χ4v) is 2.76. The third-order valence-electron chi connectivity index (χ3n) is 3.89. The van der Waals surface area contributed by atoms with Crippen molar-refractivity contribution in [3.8, 4) is 11.3 Å². The van der Waals surface area contributed by atoms with E-state index in [0.717, 1.165) is 16.9 Å². The van der Waals surface area contributed by atoms with Gasteiger partial charge < -0.3 is 5.32 Å². The molecular formula is C19H15N3. The first kappa shape index (κ1) is 12.8. The van der Waals surface area contributed by atoms with E-state index in [9.17, 15) is 0 Å². The normalized spacial score (nSPS) is 15.9. The third-order valence-corrected chi connectivity index (χ3v) is 3.89. The van der Waals surface area contributed by atoms with Gasteiger partial charge in [0, 0.05) is 23.0 Å². The second-order valence-corrected chi connectivity index (χ2v) is 5.25. The fourth-order valence-electron chi connectivity index (χ4n) is 2.76. The van der Waals surface area contributed by atoms with Gasteiger partial charge in [-0.25, -0.2) is 0 Å². The summed E-state index contributed by atoms with van der Waals surface area (Å²) < 4.78 is 0. The SMILES string of the molecule is C1=NC(c2ccc(-c3ccccn3)cc2)c2ccccc2N1. The van der Waals surface area contributed by atoms with Crippen LogP contribution in [0.1, 0.15) is 17.2 Å². The smallest absolute Gasteiger partial charge is 0.104 e. The number of rotatable bonds is 2. The number of hydrogen-bond acceptors (Lipinski definition) is 3. The van der Waals surface area contributed by atoms with Gasteiger partial charge in [-0.3, -0.25) is 9.98 Å². The minimum absolute atomic E-state index is 0.0511. The molecule has 2 heterocycles. The summed E-state index contributed by atoms with van der Waals surface area (Å²) in [6.07, 6.45) is 3.59. The van der Waals surface area contributed by atoms with E-state index in [1.807, 2.05) is 30.5 Å². The second-order valence-electron chi connectivity index (χ2n) is 5.25. The molecular weight excluding hydrogens is 270 g/mol. The summed E-state index contributed by atoms with van der Waals surface area (Å²) in [6, 6.07) is 22.8. The van der Waals surface area contributed by atoms with E-state index in [2.05, 4.69) is 57.8 Å². The molecule has 3 aromatic rings. The predicted octanol–water partition coefficient (Wildman–Crippen LogP) is 4.29. The summed E-state index contributed by atoms with van der Waals surface area (Å²) >= 11 is 0. The lowest BCUT2D eigenvalue weighted by molar-refractivity contribution is 0.870. The standard InChI is InChI=1S/C19H15N3/c1-2-7-18-16(5-1)19(22-13-21-18)15-10-8-14(9-11-15)17-6-3-4-12-20-17/h1-13,19H,(H,21,22). The van der Waals surface area contributed by atoms with E-state index in [1.54, 1.807) is 6.34 Å². The van der Waals surface area contributed by atoms with E-state index in [4.69, 9.17) is 0 Å². The van der Waals surface area contributed by atoms with Gasteiger partial charge in [0.25, 0.3) is 0 Å². The van der Waals surface area contributed by atoms with Crippen molar-refractivity contribution in [2.45, 2.75) is 6.04 Å². The number of anilines is 1. The van der Waals surface area contributed by atoms with Gasteiger partial charge in [0.05, 0.1) is 12.0 Å². The molecule has 22 heavy (non-hydrogen) atoms. The number of aromatic nitrogens is 1. The topological polar surface area (TPSA) is 37.3 Å². The highest BCUT2D eigenvalue weighted by atomic mass is 15.0. The molecule has 1 N–H and O–H groups in total. The maximum atomic E-state index is 4.59. The van der Waals surface area contributed by atoms with Gasteiger partial charge in [0.1, 0.15) is 6.04 Å². The first-order valence-electron chi connectivity index (χ1n) is 7.30. The van der Waals surface area contributed by atoms with Gasteiger partial charge >= 0.3 is 0 Å². The molecule has 1 unspecified atom stereocenters. The van der Waals surface area contributed by atoms with Crippen molar-refractivity contribution in [2.24, 2.45) is 4.99 Å². The van der Waals surface area contributed by atoms with Crippen molar-refractivity contribution in [3.63, 3.8) is 0 Å². The zero-order valence-corrected chi connectivity index (χ0v) is 12.0. The molecule has 0 saturated carbocycles. The molecule has 0 fully saturated rings. The molecule has 3 heteroatoms. The van der Waals surface area contributed by atoms with E-state index >= 15 is 0 Å². The molecule has 2 aromatic carbocycles. The summed E-state index contributed by atoms with van der Waals surface area (Å²) in [5.41, 5.74) is 5.62. The van der Waals surface area contributed by atoms with E-state index < -0.39 is 0 Å². The molecule has 1 aromatic heterocycles. The second kappa shape index (κ2) is 5.45. The fraction of sp³-hybridized carbons (Fsp3) is 0.0526. The third kappa shape index (κ3) is 2.27. The lowest BCUT2D eigenvalue weighted by Gasteiger charge is -2.21. The van der Waals surface area contributed by atoms with Crippen molar-refractivity contribution in [1.82, 2.24) is 4.98 Å². The van der Waals surface area contributed by atoms with Crippen molar-refractivity contribution in [2.75, 3.05) is 5.32 Å². The highest BCUT2D eigenvalue weighted by molar-refractivity contribution is 5.81. The lowest BCUT2D eigenvalue weighted by atomic mass is 9.95. The van der Waals surface area contributed by atoms with Crippen molar-refractivity contribution >= 4 is 12.0 Å². The number of para-hydroxylation sites is 1.